The molecule has 0 aliphatic carbocycles. The lowest BCUT2D eigenvalue weighted by Crippen LogP contribution is -2.32. The second-order valence-corrected chi connectivity index (χ2v) is 7.53. The molecule has 0 fully saturated rings. The first-order valence-electron chi connectivity index (χ1n) is 7.97. The molecule has 2 rings (SSSR count). The quantitative estimate of drug-likeness (QED) is 0.793. The zero-order valence-electron chi connectivity index (χ0n) is 14.1. The van der Waals surface area contributed by atoms with Crippen LogP contribution in [0.15, 0.2) is 53.4 Å². The molecule has 5 nitrogen and oxygen atoms in total. The van der Waals surface area contributed by atoms with E-state index >= 15 is 0 Å². The van der Waals surface area contributed by atoms with Gasteiger partial charge in [-0.2, -0.15) is 0 Å². The molecule has 0 saturated carbocycles. The largest absolute Gasteiger partial charge is 0.350 e. The fourth-order valence-electron chi connectivity index (χ4n) is 2.06. The highest BCUT2D eigenvalue weighted by Crippen LogP contribution is 2.12. The number of hydrogen-bond acceptors (Lipinski definition) is 3. The number of carbonyl (C=O) groups is 1. The molecule has 1 unspecified atom stereocenters. The van der Waals surface area contributed by atoms with Gasteiger partial charge in [-0.1, -0.05) is 19.1 Å². The Morgan fingerprint density at radius 2 is 1.68 bits per heavy atom. The molecule has 2 aromatic rings. The number of benzene rings is 2. The Morgan fingerprint density at radius 3 is 2.24 bits per heavy atom. The van der Waals surface area contributed by atoms with Crippen LogP contribution in [0.25, 0.3) is 0 Å². The number of sulfonamides is 1. The fourth-order valence-corrected chi connectivity index (χ4v) is 3.08. The van der Waals surface area contributed by atoms with Gasteiger partial charge in [-0.25, -0.2) is 17.5 Å². The van der Waals surface area contributed by atoms with Crippen LogP contribution in [0, 0.1) is 5.82 Å². The van der Waals surface area contributed by atoms with Crippen molar-refractivity contribution >= 4 is 15.9 Å². The van der Waals surface area contributed by atoms with E-state index in [-0.39, 0.29) is 29.2 Å². The Bertz CT molecular complexity index is 818. The van der Waals surface area contributed by atoms with E-state index in [2.05, 4.69) is 10.0 Å². The molecule has 0 radical (unpaired) electrons. The summed E-state index contributed by atoms with van der Waals surface area (Å²) in [5.74, 6) is -0.615. The molecule has 0 saturated heterocycles. The number of nitrogens with one attached hydrogen (secondary N) is 2. The van der Waals surface area contributed by atoms with Crippen molar-refractivity contribution in [1.29, 1.82) is 0 Å². The summed E-state index contributed by atoms with van der Waals surface area (Å²) in [6.45, 7) is 3.92. The zero-order chi connectivity index (χ0) is 18.4. The van der Waals surface area contributed by atoms with Crippen LogP contribution >= 0.6 is 0 Å². The van der Waals surface area contributed by atoms with Gasteiger partial charge in [-0.15, -0.1) is 0 Å². The zero-order valence-corrected chi connectivity index (χ0v) is 14.9. The summed E-state index contributed by atoms with van der Waals surface area (Å²) in [6, 6.07) is 11.3. The standard InChI is InChI=1S/C18H21FN2O3S/c1-3-13(2)21-18(22)15-6-10-17(11-7-15)25(23,24)20-12-14-4-8-16(19)9-5-14/h4-11,13,20H,3,12H2,1-2H3,(H,21,22). The van der Waals surface area contributed by atoms with Crippen molar-refractivity contribution in [3.63, 3.8) is 0 Å². The molecule has 25 heavy (non-hydrogen) atoms. The van der Waals surface area contributed by atoms with Gasteiger partial charge in [0, 0.05) is 18.2 Å². The Morgan fingerprint density at radius 1 is 1.08 bits per heavy atom. The minimum Gasteiger partial charge on any atom is -0.350 e. The number of carbonyl (C=O) groups excluding carboxylic acids is 1. The second-order valence-electron chi connectivity index (χ2n) is 5.76. The van der Waals surface area contributed by atoms with Gasteiger partial charge in [0.05, 0.1) is 4.90 Å². The fraction of sp³-hybridized carbons (Fsp3) is 0.278. The van der Waals surface area contributed by atoms with Crippen LogP contribution in [0.5, 0.6) is 0 Å². The third-order valence-electron chi connectivity index (χ3n) is 3.80. The van der Waals surface area contributed by atoms with E-state index in [1.54, 1.807) is 0 Å². The van der Waals surface area contributed by atoms with Gasteiger partial charge in [0.2, 0.25) is 10.0 Å². The molecule has 7 heteroatoms. The Kier molecular flexibility index (Phi) is 6.27. The molecule has 0 bridgehead atoms. The molecule has 1 amide bonds. The van der Waals surface area contributed by atoms with E-state index in [1.807, 2.05) is 13.8 Å². The summed E-state index contributed by atoms with van der Waals surface area (Å²) < 4.78 is 39.9. The van der Waals surface area contributed by atoms with Crippen molar-refractivity contribution in [3.05, 3.63) is 65.5 Å². The van der Waals surface area contributed by atoms with E-state index in [9.17, 15) is 17.6 Å². The summed E-state index contributed by atoms with van der Waals surface area (Å²) in [4.78, 5) is 12.1. The molecule has 1 atom stereocenters. The predicted octanol–water partition coefficient (Wildman–Crippen LogP) is 2.83. The summed E-state index contributed by atoms with van der Waals surface area (Å²) in [5, 5.41) is 2.82. The lowest BCUT2D eigenvalue weighted by molar-refractivity contribution is 0.0939. The van der Waals surface area contributed by atoms with Crippen molar-refractivity contribution in [2.24, 2.45) is 0 Å². The smallest absolute Gasteiger partial charge is 0.251 e. The third kappa shape index (κ3) is 5.37. The molecule has 0 heterocycles. The van der Waals surface area contributed by atoms with Gasteiger partial charge in [-0.05, 0) is 55.3 Å². The van der Waals surface area contributed by atoms with Gasteiger partial charge in [-0.3, -0.25) is 4.79 Å². The minimum atomic E-state index is -3.71. The molecule has 2 N–H and O–H groups in total. The average molecular weight is 364 g/mol. The molecule has 0 spiro atoms. The van der Waals surface area contributed by atoms with Crippen LogP contribution in [0.1, 0.15) is 36.2 Å². The number of amides is 1. The highest BCUT2D eigenvalue weighted by Gasteiger charge is 2.15. The highest BCUT2D eigenvalue weighted by atomic mass is 32.2. The van der Waals surface area contributed by atoms with Gasteiger partial charge in [0.1, 0.15) is 5.82 Å². The molecule has 134 valence electrons. The van der Waals surface area contributed by atoms with Crippen LogP contribution in [-0.4, -0.2) is 20.4 Å². The van der Waals surface area contributed by atoms with Crippen LogP contribution in [0.2, 0.25) is 0 Å². The summed E-state index contributed by atoms with van der Waals surface area (Å²) in [7, 11) is -3.71. The number of rotatable bonds is 7. The highest BCUT2D eigenvalue weighted by molar-refractivity contribution is 7.89. The van der Waals surface area contributed by atoms with Gasteiger partial charge in [0.25, 0.3) is 5.91 Å². The van der Waals surface area contributed by atoms with Crippen molar-refractivity contribution in [2.45, 2.75) is 37.8 Å². The maximum atomic E-state index is 12.9. The predicted molar refractivity (Wildman–Crippen MR) is 94.1 cm³/mol. The maximum Gasteiger partial charge on any atom is 0.251 e. The van der Waals surface area contributed by atoms with Crippen LogP contribution in [-0.2, 0) is 16.6 Å². The van der Waals surface area contributed by atoms with Crippen LogP contribution in [0.3, 0.4) is 0 Å². The molecule has 0 aliphatic rings. The second kappa shape index (κ2) is 8.22. The van der Waals surface area contributed by atoms with E-state index < -0.39 is 10.0 Å². The van der Waals surface area contributed by atoms with Crippen molar-refractivity contribution < 1.29 is 17.6 Å². The topological polar surface area (TPSA) is 75.3 Å². The molecular weight excluding hydrogens is 343 g/mol. The van der Waals surface area contributed by atoms with E-state index in [0.29, 0.717) is 11.1 Å². The molecular formula is C18H21FN2O3S. The van der Waals surface area contributed by atoms with Crippen LogP contribution in [0.4, 0.5) is 4.39 Å². The van der Waals surface area contributed by atoms with Gasteiger partial charge in [0.15, 0.2) is 0 Å². The molecule has 0 aromatic heterocycles. The van der Waals surface area contributed by atoms with E-state index in [0.717, 1.165) is 6.42 Å². The van der Waals surface area contributed by atoms with Crippen LogP contribution < -0.4 is 10.0 Å². The summed E-state index contributed by atoms with van der Waals surface area (Å²) >= 11 is 0. The van der Waals surface area contributed by atoms with E-state index in [4.69, 9.17) is 0 Å². The Balaban J connectivity index is 2.04. The lowest BCUT2D eigenvalue weighted by Gasteiger charge is -2.12. The van der Waals surface area contributed by atoms with Crippen molar-refractivity contribution in [3.8, 4) is 0 Å². The van der Waals surface area contributed by atoms with Gasteiger partial charge >= 0.3 is 0 Å². The monoisotopic (exact) mass is 364 g/mol. The molecule has 2 aromatic carbocycles. The average Bonchev–Trinajstić information content (AvgIpc) is 2.61. The number of halogens is 1. The lowest BCUT2D eigenvalue weighted by atomic mass is 10.2. The molecule has 0 aliphatic heterocycles. The minimum absolute atomic E-state index is 0.0493. The summed E-state index contributed by atoms with van der Waals surface area (Å²) in [6.07, 6.45) is 0.811. The van der Waals surface area contributed by atoms with Crippen molar-refractivity contribution in [1.82, 2.24) is 10.0 Å². The Hall–Kier alpha value is -2.25. The number of hydrogen-bond donors (Lipinski definition) is 2. The summed E-state index contributed by atoms with van der Waals surface area (Å²) in [5.41, 5.74) is 1.05. The normalized spacial score (nSPS) is 12.6. The van der Waals surface area contributed by atoms with Crippen molar-refractivity contribution in [2.75, 3.05) is 0 Å². The first-order valence-corrected chi connectivity index (χ1v) is 9.45. The SMILES string of the molecule is CCC(C)NC(=O)c1ccc(S(=O)(=O)NCc2ccc(F)cc2)cc1. The first kappa shape index (κ1) is 19.1. The van der Waals surface area contributed by atoms with E-state index in [1.165, 1.54) is 48.5 Å². The third-order valence-corrected chi connectivity index (χ3v) is 5.21. The maximum absolute atomic E-state index is 12.9. The Labute approximate surface area is 147 Å². The van der Waals surface area contributed by atoms with Gasteiger partial charge < -0.3 is 5.32 Å². The first-order chi connectivity index (χ1) is 11.8.